The van der Waals surface area contributed by atoms with Gasteiger partial charge in [0, 0.05) is 18.4 Å². The number of aromatic nitrogens is 2. The average molecular weight is 229 g/mol. The molecular formula is C14H19N3. The highest BCUT2D eigenvalue weighted by Crippen LogP contribution is 2.64. The second kappa shape index (κ2) is 3.33. The Morgan fingerprint density at radius 3 is 2.71 bits per heavy atom. The zero-order chi connectivity index (χ0) is 12.2. The molecule has 1 aromatic carbocycles. The third-order valence-electron chi connectivity index (χ3n) is 4.39. The Morgan fingerprint density at radius 2 is 2.06 bits per heavy atom. The summed E-state index contributed by atoms with van der Waals surface area (Å²) in [5.41, 5.74) is 8.59. The molecule has 1 aromatic heterocycles. The van der Waals surface area contributed by atoms with E-state index in [1.165, 1.54) is 16.6 Å². The molecule has 1 heterocycles. The smallest absolute Gasteiger partial charge is 0.0743 e. The van der Waals surface area contributed by atoms with Crippen LogP contribution in [0.2, 0.25) is 0 Å². The van der Waals surface area contributed by atoms with Gasteiger partial charge in [0.2, 0.25) is 0 Å². The van der Waals surface area contributed by atoms with Gasteiger partial charge in [-0.1, -0.05) is 32.0 Å². The molecule has 1 aliphatic rings. The molecule has 1 aliphatic carbocycles. The maximum absolute atomic E-state index is 5.85. The molecular weight excluding hydrogens is 210 g/mol. The summed E-state index contributed by atoms with van der Waals surface area (Å²) in [7, 11) is 2.01. The molecule has 1 saturated carbocycles. The molecule has 1 fully saturated rings. The Hall–Kier alpha value is -1.35. The lowest BCUT2D eigenvalue weighted by Crippen LogP contribution is -2.05. The van der Waals surface area contributed by atoms with Crippen molar-refractivity contribution in [2.75, 3.05) is 6.54 Å². The number of nitrogens with zero attached hydrogens (tertiary/aromatic N) is 2. The van der Waals surface area contributed by atoms with Gasteiger partial charge in [-0.05, 0) is 23.9 Å². The molecule has 90 valence electrons. The minimum atomic E-state index is 0.297. The van der Waals surface area contributed by atoms with Gasteiger partial charge in [0.15, 0.2) is 0 Å². The SMILES string of the molecule is Cn1nc([C@@H]2[C@@H](CN)C2(C)C)c2ccccc21. The van der Waals surface area contributed by atoms with Gasteiger partial charge in [0.25, 0.3) is 0 Å². The van der Waals surface area contributed by atoms with E-state index in [9.17, 15) is 0 Å². The Labute approximate surface area is 102 Å². The highest BCUT2D eigenvalue weighted by Gasteiger charge is 2.58. The maximum Gasteiger partial charge on any atom is 0.0743 e. The van der Waals surface area contributed by atoms with Crippen LogP contribution in [0.15, 0.2) is 24.3 Å². The highest BCUT2D eigenvalue weighted by atomic mass is 15.3. The molecule has 3 heteroatoms. The van der Waals surface area contributed by atoms with Gasteiger partial charge < -0.3 is 5.73 Å². The van der Waals surface area contributed by atoms with Crippen molar-refractivity contribution in [2.24, 2.45) is 24.1 Å². The molecule has 0 saturated heterocycles. The lowest BCUT2D eigenvalue weighted by Gasteiger charge is -1.99. The van der Waals surface area contributed by atoms with Crippen LogP contribution in [0, 0.1) is 11.3 Å². The molecule has 0 radical (unpaired) electrons. The molecule has 17 heavy (non-hydrogen) atoms. The minimum Gasteiger partial charge on any atom is -0.330 e. The van der Waals surface area contributed by atoms with Crippen molar-refractivity contribution in [2.45, 2.75) is 19.8 Å². The number of rotatable bonds is 2. The number of nitrogens with two attached hydrogens (primary N) is 1. The van der Waals surface area contributed by atoms with Gasteiger partial charge in [-0.2, -0.15) is 5.10 Å². The van der Waals surface area contributed by atoms with Gasteiger partial charge in [-0.25, -0.2) is 0 Å². The van der Waals surface area contributed by atoms with Gasteiger partial charge in [0.05, 0.1) is 11.2 Å². The summed E-state index contributed by atoms with van der Waals surface area (Å²) in [5, 5.41) is 5.99. The molecule has 3 nitrogen and oxygen atoms in total. The van der Waals surface area contributed by atoms with Crippen LogP contribution in [-0.2, 0) is 7.05 Å². The van der Waals surface area contributed by atoms with Crippen LogP contribution in [0.5, 0.6) is 0 Å². The van der Waals surface area contributed by atoms with Gasteiger partial charge in [-0.3, -0.25) is 4.68 Å². The monoisotopic (exact) mass is 229 g/mol. The topological polar surface area (TPSA) is 43.8 Å². The van der Waals surface area contributed by atoms with Crippen molar-refractivity contribution in [1.82, 2.24) is 9.78 Å². The quantitative estimate of drug-likeness (QED) is 0.858. The van der Waals surface area contributed by atoms with Crippen LogP contribution in [0.4, 0.5) is 0 Å². The summed E-state index contributed by atoms with van der Waals surface area (Å²) in [5.74, 6) is 1.08. The first-order valence-corrected chi connectivity index (χ1v) is 6.19. The van der Waals surface area contributed by atoms with E-state index in [-0.39, 0.29) is 0 Å². The number of para-hydroxylation sites is 1. The minimum absolute atomic E-state index is 0.297. The Bertz CT molecular complexity index is 568. The number of benzene rings is 1. The molecule has 0 aliphatic heterocycles. The van der Waals surface area contributed by atoms with Crippen molar-refractivity contribution >= 4 is 10.9 Å². The lowest BCUT2D eigenvalue weighted by atomic mass is 10.1. The average Bonchev–Trinajstić information content (AvgIpc) is 2.70. The molecule has 0 spiro atoms. The van der Waals surface area contributed by atoms with Crippen LogP contribution < -0.4 is 5.73 Å². The van der Waals surface area contributed by atoms with E-state index in [2.05, 4.69) is 38.1 Å². The standard InChI is InChI=1S/C14H19N3/c1-14(2)10(8-15)12(14)13-9-6-4-5-7-11(9)17(3)16-13/h4-7,10,12H,8,15H2,1-3H3/t10-,12+/m1/s1. The van der Waals surface area contributed by atoms with E-state index in [4.69, 9.17) is 10.8 Å². The van der Waals surface area contributed by atoms with Crippen LogP contribution >= 0.6 is 0 Å². The number of aryl methyl sites for hydroxylation is 1. The maximum atomic E-state index is 5.85. The first kappa shape index (κ1) is 10.8. The Balaban J connectivity index is 2.14. The zero-order valence-electron chi connectivity index (χ0n) is 10.6. The molecule has 0 bridgehead atoms. The normalized spacial score (nSPS) is 26.4. The predicted molar refractivity (Wildman–Crippen MR) is 69.8 cm³/mol. The van der Waals surface area contributed by atoms with E-state index in [1.54, 1.807) is 0 Å². The van der Waals surface area contributed by atoms with Crippen LogP contribution in [-0.4, -0.2) is 16.3 Å². The fraction of sp³-hybridized carbons (Fsp3) is 0.500. The van der Waals surface area contributed by atoms with Crippen LogP contribution in [0.3, 0.4) is 0 Å². The summed E-state index contributed by atoms with van der Waals surface area (Å²) in [4.78, 5) is 0. The van der Waals surface area contributed by atoms with E-state index >= 15 is 0 Å². The highest BCUT2D eigenvalue weighted by molar-refractivity contribution is 5.83. The largest absolute Gasteiger partial charge is 0.330 e. The van der Waals surface area contributed by atoms with E-state index in [0.29, 0.717) is 17.3 Å². The summed E-state index contributed by atoms with van der Waals surface area (Å²) in [6.45, 7) is 5.33. The molecule has 2 atom stereocenters. The third-order valence-corrected chi connectivity index (χ3v) is 4.39. The predicted octanol–water partition coefficient (Wildman–Crippen LogP) is 2.27. The van der Waals surface area contributed by atoms with Crippen LogP contribution in [0.1, 0.15) is 25.5 Å². The van der Waals surface area contributed by atoms with Gasteiger partial charge >= 0.3 is 0 Å². The molecule has 2 aromatic rings. The summed E-state index contributed by atoms with van der Waals surface area (Å²) >= 11 is 0. The van der Waals surface area contributed by atoms with Crippen molar-refractivity contribution in [3.8, 4) is 0 Å². The van der Waals surface area contributed by atoms with Crippen molar-refractivity contribution < 1.29 is 0 Å². The molecule has 2 N–H and O–H groups in total. The van der Waals surface area contributed by atoms with Crippen molar-refractivity contribution in [1.29, 1.82) is 0 Å². The number of hydrogen-bond donors (Lipinski definition) is 1. The van der Waals surface area contributed by atoms with Crippen molar-refractivity contribution in [3.05, 3.63) is 30.0 Å². The second-order valence-electron chi connectivity index (χ2n) is 5.67. The van der Waals surface area contributed by atoms with Gasteiger partial charge in [0.1, 0.15) is 0 Å². The first-order chi connectivity index (χ1) is 8.07. The molecule has 0 unspecified atom stereocenters. The fourth-order valence-electron chi connectivity index (χ4n) is 3.20. The summed E-state index contributed by atoms with van der Waals surface area (Å²) < 4.78 is 1.98. The zero-order valence-corrected chi connectivity index (χ0v) is 10.6. The number of hydrogen-bond acceptors (Lipinski definition) is 2. The number of fused-ring (bicyclic) bond motifs is 1. The first-order valence-electron chi connectivity index (χ1n) is 6.19. The fourth-order valence-corrected chi connectivity index (χ4v) is 3.20. The van der Waals surface area contributed by atoms with E-state index < -0.39 is 0 Å². The Morgan fingerprint density at radius 1 is 1.35 bits per heavy atom. The molecule has 0 amide bonds. The second-order valence-corrected chi connectivity index (χ2v) is 5.67. The van der Waals surface area contributed by atoms with E-state index in [0.717, 1.165) is 6.54 Å². The lowest BCUT2D eigenvalue weighted by molar-refractivity contribution is 0.556. The van der Waals surface area contributed by atoms with Crippen molar-refractivity contribution in [3.63, 3.8) is 0 Å². The van der Waals surface area contributed by atoms with E-state index in [1.807, 2.05) is 11.7 Å². The summed E-state index contributed by atoms with van der Waals surface area (Å²) in [6, 6.07) is 8.44. The third kappa shape index (κ3) is 1.35. The molecule has 3 rings (SSSR count). The summed E-state index contributed by atoms with van der Waals surface area (Å²) in [6.07, 6.45) is 0. The Kier molecular flexibility index (Phi) is 2.11. The van der Waals surface area contributed by atoms with Crippen LogP contribution in [0.25, 0.3) is 10.9 Å². The van der Waals surface area contributed by atoms with Gasteiger partial charge in [-0.15, -0.1) is 0 Å².